The van der Waals surface area contributed by atoms with Gasteiger partial charge in [0.05, 0.1) is 28.3 Å². The molecule has 0 atom stereocenters. The van der Waals surface area contributed by atoms with Crippen molar-refractivity contribution in [1.82, 2.24) is 14.8 Å². The highest BCUT2D eigenvalue weighted by Crippen LogP contribution is 2.31. The summed E-state index contributed by atoms with van der Waals surface area (Å²) in [5.74, 6) is -0.543. The minimum absolute atomic E-state index is 0.249. The molecule has 0 spiro atoms. The first-order valence-corrected chi connectivity index (χ1v) is 9.92. The first-order chi connectivity index (χ1) is 13.9. The van der Waals surface area contributed by atoms with Crippen LogP contribution in [0.2, 0.25) is 0 Å². The molecule has 4 aromatic rings. The number of thiazole rings is 1. The highest BCUT2D eigenvalue weighted by Gasteiger charge is 2.21. The van der Waals surface area contributed by atoms with Crippen LogP contribution >= 0.6 is 11.3 Å². The van der Waals surface area contributed by atoms with E-state index in [9.17, 15) is 9.18 Å². The Morgan fingerprint density at radius 3 is 2.41 bits per heavy atom. The van der Waals surface area contributed by atoms with Crippen LogP contribution in [-0.2, 0) is 0 Å². The zero-order chi connectivity index (χ0) is 20.5. The van der Waals surface area contributed by atoms with E-state index in [-0.39, 0.29) is 11.7 Å². The molecule has 1 amide bonds. The molecule has 0 unspecified atom stereocenters. The van der Waals surface area contributed by atoms with E-state index in [1.54, 1.807) is 16.8 Å². The predicted molar refractivity (Wildman–Crippen MR) is 113 cm³/mol. The summed E-state index contributed by atoms with van der Waals surface area (Å²) in [5, 5.41) is 7.91. The molecule has 0 aliphatic rings. The van der Waals surface area contributed by atoms with Gasteiger partial charge in [-0.3, -0.25) is 10.1 Å². The van der Waals surface area contributed by atoms with Gasteiger partial charge in [-0.1, -0.05) is 18.2 Å². The Hall–Kier alpha value is -3.32. The van der Waals surface area contributed by atoms with Crippen molar-refractivity contribution in [3.63, 3.8) is 0 Å². The van der Waals surface area contributed by atoms with E-state index in [4.69, 9.17) is 0 Å². The second-order valence-corrected chi connectivity index (χ2v) is 7.88. The average Bonchev–Trinajstić information content (AvgIpc) is 3.21. The van der Waals surface area contributed by atoms with Crippen molar-refractivity contribution in [2.75, 3.05) is 5.32 Å². The largest absolute Gasteiger partial charge is 0.298 e. The van der Waals surface area contributed by atoms with Crippen LogP contribution in [-0.4, -0.2) is 20.7 Å². The van der Waals surface area contributed by atoms with Gasteiger partial charge in [-0.05, 0) is 57.2 Å². The van der Waals surface area contributed by atoms with Crippen LogP contribution in [0.4, 0.5) is 9.52 Å². The van der Waals surface area contributed by atoms with Crippen molar-refractivity contribution in [2.24, 2.45) is 0 Å². The van der Waals surface area contributed by atoms with Crippen molar-refractivity contribution in [2.45, 2.75) is 20.8 Å². The molecular formula is C22H19FN4OS. The number of rotatable bonds is 4. The number of para-hydroxylation sites is 1. The van der Waals surface area contributed by atoms with E-state index in [0.717, 1.165) is 27.5 Å². The molecule has 0 saturated heterocycles. The first-order valence-electron chi connectivity index (χ1n) is 9.10. The Morgan fingerprint density at radius 2 is 1.72 bits per heavy atom. The summed E-state index contributed by atoms with van der Waals surface area (Å²) in [7, 11) is 0. The van der Waals surface area contributed by atoms with Crippen molar-refractivity contribution in [1.29, 1.82) is 0 Å². The highest BCUT2D eigenvalue weighted by atomic mass is 32.1. The first kappa shape index (κ1) is 19.0. The molecule has 7 heteroatoms. The lowest BCUT2D eigenvalue weighted by molar-refractivity contribution is 0.102. The minimum Gasteiger partial charge on any atom is -0.298 e. The quantitative estimate of drug-likeness (QED) is 0.499. The van der Waals surface area contributed by atoms with Gasteiger partial charge in [-0.15, -0.1) is 11.3 Å². The van der Waals surface area contributed by atoms with Crippen LogP contribution in [0.1, 0.15) is 26.6 Å². The number of hydrogen-bond donors (Lipinski definition) is 1. The van der Waals surface area contributed by atoms with Gasteiger partial charge in [-0.25, -0.2) is 14.1 Å². The molecule has 0 aliphatic carbocycles. The van der Waals surface area contributed by atoms with E-state index in [2.05, 4.69) is 15.4 Å². The van der Waals surface area contributed by atoms with Crippen LogP contribution in [0.15, 0.2) is 54.6 Å². The summed E-state index contributed by atoms with van der Waals surface area (Å²) in [6, 6.07) is 15.9. The number of aryl methyl sites for hydroxylation is 2. The molecule has 146 valence electrons. The van der Waals surface area contributed by atoms with Crippen LogP contribution in [0, 0.1) is 26.6 Å². The molecule has 5 nitrogen and oxygen atoms in total. The molecular weight excluding hydrogens is 387 g/mol. The van der Waals surface area contributed by atoms with Gasteiger partial charge in [-0.2, -0.15) is 5.10 Å². The van der Waals surface area contributed by atoms with Crippen LogP contribution in [0.5, 0.6) is 0 Å². The third-order valence-corrected chi connectivity index (χ3v) is 5.54. The molecule has 2 aromatic carbocycles. The Kier molecular flexibility index (Phi) is 4.98. The molecule has 4 rings (SSSR count). The fourth-order valence-corrected chi connectivity index (χ4v) is 4.11. The van der Waals surface area contributed by atoms with Gasteiger partial charge >= 0.3 is 0 Å². The lowest BCUT2D eigenvalue weighted by Crippen LogP contribution is -2.14. The molecule has 2 heterocycles. The summed E-state index contributed by atoms with van der Waals surface area (Å²) >= 11 is 1.39. The maximum atomic E-state index is 13.2. The Bertz CT molecular complexity index is 1180. The third-order valence-electron chi connectivity index (χ3n) is 4.65. The Balaban J connectivity index is 1.62. The van der Waals surface area contributed by atoms with E-state index < -0.39 is 0 Å². The van der Waals surface area contributed by atoms with E-state index in [1.807, 2.05) is 51.1 Å². The SMILES string of the molecule is Cc1nn(-c2ccccc2)c(C)c1C(=O)Nc1nc(-c2ccc(F)cc2)c(C)s1. The topological polar surface area (TPSA) is 59.8 Å². The normalized spacial score (nSPS) is 10.9. The molecule has 0 aliphatic heterocycles. The second kappa shape index (κ2) is 7.60. The fourth-order valence-electron chi connectivity index (χ4n) is 3.28. The van der Waals surface area contributed by atoms with Crippen molar-refractivity contribution in [3.8, 4) is 16.9 Å². The smallest absolute Gasteiger partial charge is 0.261 e. The Labute approximate surface area is 171 Å². The number of halogens is 1. The van der Waals surface area contributed by atoms with Crippen LogP contribution in [0.3, 0.4) is 0 Å². The lowest BCUT2D eigenvalue weighted by atomic mass is 10.1. The van der Waals surface area contributed by atoms with Crippen LogP contribution in [0.25, 0.3) is 16.9 Å². The van der Waals surface area contributed by atoms with Gasteiger partial charge in [0.2, 0.25) is 0 Å². The fraction of sp³-hybridized carbons (Fsp3) is 0.136. The lowest BCUT2D eigenvalue weighted by Gasteiger charge is -2.05. The molecule has 1 N–H and O–H groups in total. The number of anilines is 1. The van der Waals surface area contributed by atoms with Crippen molar-refractivity contribution in [3.05, 3.63) is 82.2 Å². The minimum atomic E-state index is -0.295. The van der Waals surface area contributed by atoms with Gasteiger partial charge in [0, 0.05) is 10.4 Å². The average molecular weight is 406 g/mol. The summed E-state index contributed by atoms with van der Waals surface area (Å²) in [4.78, 5) is 18.4. The van der Waals surface area contributed by atoms with Crippen molar-refractivity contribution >= 4 is 22.4 Å². The highest BCUT2D eigenvalue weighted by molar-refractivity contribution is 7.16. The molecule has 0 saturated carbocycles. The number of aromatic nitrogens is 3. The number of hydrogen-bond acceptors (Lipinski definition) is 4. The van der Waals surface area contributed by atoms with Gasteiger partial charge in [0.1, 0.15) is 5.82 Å². The van der Waals surface area contributed by atoms with Crippen LogP contribution < -0.4 is 5.32 Å². The predicted octanol–water partition coefficient (Wildman–Crippen LogP) is 5.31. The third kappa shape index (κ3) is 3.69. The molecule has 29 heavy (non-hydrogen) atoms. The summed E-state index contributed by atoms with van der Waals surface area (Å²) in [6.45, 7) is 5.62. The van der Waals surface area contributed by atoms with E-state index in [1.165, 1.54) is 23.5 Å². The number of carbonyl (C=O) groups is 1. The molecule has 0 bridgehead atoms. The number of nitrogens with one attached hydrogen (secondary N) is 1. The number of nitrogens with zero attached hydrogens (tertiary/aromatic N) is 3. The molecule has 0 fully saturated rings. The Morgan fingerprint density at radius 1 is 1.03 bits per heavy atom. The second-order valence-electron chi connectivity index (χ2n) is 6.68. The van der Waals surface area contributed by atoms with Gasteiger partial charge in [0.15, 0.2) is 5.13 Å². The zero-order valence-electron chi connectivity index (χ0n) is 16.2. The zero-order valence-corrected chi connectivity index (χ0v) is 17.0. The van der Waals surface area contributed by atoms with Gasteiger partial charge < -0.3 is 0 Å². The number of carbonyl (C=O) groups excluding carboxylic acids is 1. The number of benzene rings is 2. The maximum Gasteiger partial charge on any atom is 0.261 e. The summed E-state index contributed by atoms with van der Waals surface area (Å²) in [5.41, 5.74) is 4.39. The monoisotopic (exact) mass is 406 g/mol. The van der Waals surface area contributed by atoms with Gasteiger partial charge in [0.25, 0.3) is 5.91 Å². The van der Waals surface area contributed by atoms with E-state index >= 15 is 0 Å². The van der Waals surface area contributed by atoms with E-state index in [0.29, 0.717) is 16.4 Å². The molecule has 2 aromatic heterocycles. The number of amides is 1. The van der Waals surface area contributed by atoms with Crippen molar-refractivity contribution < 1.29 is 9.18 Å². The summed E-state index contributed by atoms with van der Waals surface area (Å²) in [6.07, 6.45) is 0. The maximum absolute atomic E-state index is 13.2. The molecule has 0 radical (unpaired) electrons. The summed E-state index contributed by atoms with van der Waals surface area (Å²) < 4.78 is 15.0. The standard InChI is InChI=1S/C22H19FN4OS/c1-13-19(14(2)27(26-13)18-7-5-4-6-8-18)21(28)25-22-24-20(15(3)29-22)16-9-11-17(23)12-10-16/h4-12H,1-3H3,(H,24,25,28).